The molecular weight excluding hydrogens is 390 g/mol. The SMILES string of the molecule is Cc1cccc(NC(=O)CNC(=O)CN(Cc2ccccc2)C(=O)c2ccccc2)c1. The molecule has 0 aliphatic heterocycles. The van der Waals surface area contributed by atoms with Gasteiger partial charge in [-0.3, -0.25) is 14.4 Å². The third-order valence-corrected chi connectivity index (χ3v) is 4.61. The molecule has 0 saturated heterocycles. The number of benzene rings is 3. The van der Waals surface area contributed by atoms with E-state index in [-0.39, 0.29) is 31.4 Å². The van der Waals surface area contributed by atoms with Gasteiger partial charge in [0.2, 0.25) is 11.8 Å². The van der Waals surface area contributed by atoms with Crippen LogP contribution in [0.25, 0.3) is 0 Å². The number of nitrogens with one attached hydrogen (secondary N) is 2. The van der Waals surface area contributed by atoms with Gasteiger partial charge in [0.25, 0.3) is 5.91 Å². The molecule has 0 bridgehead atoms. The predicted molar refractivity (Wildman–Crippen MR) is 120 cm³/mol. The summed E-state index contributed by atoms with van der Waals surface area (Å²) in [7, 11) is 0. The van der Waals surface area contributed by atoms with Crippen molar-refractivity contribution >= 4 is 23.4 Å². The van der Waals surface area contributed by atoms with Gasteiger partial charge in [-0.15, -0.1) is 0 Å². The van der Waals surface area contributed by atoms with Crippen molar-refractivity contribution in [2.75, 3.05) is 18.4 Å². The molecule has 0 aromatic heterocycles. The largest absolute Gasteiger partial charge is 0.345 e. The van der Waals surface area contributed by atoms with E-state index < -0.39 is 5.91 Å². The fourth-order valence-corrected chi connectivity index (χ4v) is 3.10. The zero-order valence-electron chi connectivity index (χ0n) is 17.4. The van der Waals surface area contributed by atoms with Crippen LogP contribution in [0.5, 0.6) is 0 Å². The van der Waals surface area contributed by atoms with E-state index in [2.05, 4.69) is 10.6 Å². The van der Waals surface area contributed by atoms with Gasteiger partial charge in [-0.05, 0) is 42.3 Å². The molecule has 6 heteroatoms. The minimum absolute atomic E-state index is 0.152. The molecule has 31 heavy (non-hydrogen) atoms. The van der Waals surface area contributed by atoms with Gasteiger partial charge in [0, 0.05) is 17.8 Å². The molecule has 0 aliphatic carbocycles. The Morgan fingerprint density at radius 2 is 1.48 bits per heavy atom. The zero-order valence-corrected chi connectivity index (χ0v) is 17.4. The lowest BCUT2D eigenvalue weighted by Gasteiger charge is -2.22. The molecule has 3 aromatic carbocycles. The van der Waals surface area contributed by atoms with Crippen LogP contribution < -0.4 is 10.6 Å². The number of hydrogen-bond donors (Lipinski definition) is 2. The van der Waals surface area contributed by atoms with E-state index in [0.717, 1.165) is 11.1 Å². The summed E-state index contributed by atoms with van der Waals surface area (Å²) in [5.74, 6) is -0.980. The lowest BCUT2D eigenvalue weighted by Crippen LogP contribution is -2.42. The van der Waals surface area contributed by atoms with Crippen molar-refractivity contribution in [3.05, 3.63) is 102 Å². The smallest absolute Gasteiger partial charge is 0.254 e. The summed E-state index contributed by atoms with van der Waals surface area (Å²) in [4.78, 5) is 39.1. The van der Waals surface area contributed by atoms with Gasteiger partial charge in [0.1, 0.15) is 6.54 Å². The molecule has 158 valence electrons. The van der Waals surface area contributed by atoms with E-state index in [9.17, 15) is 14.4 Å². The summed E-state index contributed by atoms with van der Waals surface area (Å²) >= 11 is 0. The number of carbonyl (C=O) groups is 3. The molecule has 0 aliphatic rings. The normalized spacial score (nSPS) is 10.2. The van der Waals surface area contributed by atoms with E-state index in [0.29, 0.717) is 11.3 Å². The van der Waals surface area contributed by atoms with Gasteiger partial charge in [0.05, 0.1) is 6.54 Å². The number of anilines is 1. The number of amides is 3. The maximum absolute atomic E-state index is 13.0. The second kappa shape index (κ2) is 10.7. The van der Waals surface area contributed by atoms with Crippen molar-refractivity contribution in [3.63, 3.8) is 0 Å². The summed E-state index contributed by atoms with van der Waals surface area (Å²) in [6.45, 7) is 1.89. The monoisotopic (exact) mass is 415 g/mol. The van der Waals surface area contributed by atoms with Gasteiger partial charge in [-0.25, -0.2) is 0 Å². The first kappa shape index (κ1) is 21.8. The molecule has 0 saturated carbocycles. The summed E-state index contributed by atoms with van der Waals surface area (Å²) in [6.07, 6.45) is 0. The number of hydrogen-bond acceptors (Lipinski definition) is 3. The van der Waals surface area contributed by atoms with Crippen molar-refractivity contribution in [2.45, 2.75) is 13.5 Å². The minimum atomic E-state index is -0.403. The first-order valence-corrected chi connectivity index (χ1v) is 10.0. The highest BCUT2D eigenvalue weighted by Crippen LogP contribution is 2.11. The molecule has 0 spiro atoms. The van der Waals surface area contributed by atoms with Crippen LogP contribution in [0.1, 0.15) is 21.5 Å². The van der Waals surface area contributed by atoms with Crippen LogP contribution >= 0.6 is 0 Å². The standard InChI is InChI=1S/C25H25N3O3/c1-19-9-8-14-22(15-19)27-23(29)16-26-24(30)18-28(17-20-10-4-2-5-11-20)25(31)21-12-6-3-7-13-21/h2-15H,16-18H2,1H3,(H,26,30)(H,27,29). The average Bonchev–Trinajstić information content (AvgIpc) is 2.78. The fraction of sp³-hybridized carbons (Fsp3) is 0.160. The molecule has 0 unspecified atom stereocenters. The lowest BCUT2D eigenvalue weighted by molar-refractivity contribution is -0.124. The maximum Gasteiger partial charge on any atom is 0.254 e. The van der Waals surface area contributed by atoms with Crippen LogP contribution in [-0.2, 0) is 16.1 Å². The van der Waals surface area contributed by atoms with Crippen molar-refractivity contribution < 1.29 is 14.4 Å². The third-order valence-electron chi connectivity index (χ3n) is 4.61. The second-order valence-corrected chi connectivity index (χ2v) is 7.21. The molecule has 0 heterocycles. The Balaban J connectivity index is 1.61. The summed E-state index contributed by atoms with van der Waals surface area (Å²) in [5.41, 5.74) is 3.11. The number of aryl methyl sites for hydroxylation is 1. The van der Waals surface area contributed by atoms with Crippen molar-refractivity contribution in [1.82, 2.24) is 10.2 Å². The quantitative estimate of drug-likeness (QED) is 0.592. The van der Waals surface area contributed by atoms with Gasteiger partial charge >= 0.3 is 0 Å². The third kappa shape index (κ3) is 6.82. The summed E-state index contributed by atoms with van der Waals surface area (Å²) < 4.78 is 0. The first-order chi connectivity index (χ1) is 15.0. The van der Waals surface area contributed by atoms with Crippen LogP contribution in [0.2, 0.25) is 0 Å². The van der Waals surface area contributed by atoms with Gasteiger partial charge < -0.3 is 15.5 Å². The lowest BCUT2D eigenvalue weighted by atomic mass is 10.1. The highest BCUT2D eigenvalue weighted by atomic mass is 16.2. The number of nitrogens with zero attached hydrogens (tertiary/aromatic N) is 1. The molecule has 3 amide bonds. The van der Waals surface area contributed by atoms with E-state index in [1.807, 2.05) is 61.5 Å². The fourth-order valence-electron chi connectivity index (χ4n) is 3.10. The molecule has 2 N–H and O–H groups in total. The molecule has 0 radical (unpaired) electrons. The van der Waals surface area contributed by atoms with Crippen LogP contribution in [0, 0.1) is 6.92 Å². The van der Waals surface area contributed by atoms with E-state index in [1.165, 1.54) is 4.90 Å². The topological polar surface area (TPSA) is 78.5 Å². The highest BCUT2D eigenvalue weighted by Gasteiger charge is 2.19. The van der Waals surface area contributed by atoms with Gasteiger partial charge in [-0.2, -0.15) is 0 Å². The Morgan fingerprint density at radius 3 is 2.16 bits per heavy atom. The molecular formula is C25H25N3O3. The van der Waals surface area contributed by atoms with Crippen LogP contribution in [0.15, 0.2) is 84.9 Å². The Morgan fingerprint density at radius 1 is 0.806 bits per heavy atom. The number of rotatable bonds is 8. The Labute approximate surface area is 181 Å². The Bertz CT molecular complexity index is 1040. The highest BCUT2D eigenvalue weighted by molar-refractivity contribution is 5.98. The van der Waals surface area contributed by atoms with E-state index in [1.54, 1.807) is 30.3 Å². The number of carbonyl (C=O) groups excluding carboxylic acids is 3. The molecule has 0 atom stereocenters. The zero-order chi connectivity index (χ0) is 22.1. The molecule has 6 nitrogen and oxygen atoms in total. The van der Waals surface area contributed by atoms with Crippen LogP contribution in [-0.4, -0.2) is 35.7 Å². The molecule has 3 aromatic rings. The molecule has 0 fully saturated rings. The van der Waals surface area contributed by atoms with Gasteiger partial charge in [-0.1, -0.05) is 60.7 Å². The van der Waals surface area contributed by atoms with E-state index in [4.69, 9.17) is 0 Å². The predicted octanol–water partition coefficient (Wildman–Crippen LogP) is 3.39. The minimum Gasteiger partial charge on any atom is -0.345 e. The van der Waals surface area contributed by atoms with E-state index >= 15 is 0 Å². The van der Waals surface area contributed by atoms with Crippen molar-refractivity contribution in [3.8, 4) is 0 Å². The average molecular weight is 415 g/mol. The Kier molecular flexibility index (Phi) is 7.54. The van der Waals surface area contributed by atoms with Gasteiger partial charge in [0.15, 0.2) is 0 Å². The summed E-state index contributed by atoms with van der Waals surface area (Å²) in [5, 5.41) is 5.34. The van der Waals surface area contributed by atoms with Crippen LogP contribution in [0.3, 0.4) is 0 Å². The van der Waals surface area contributed by atoms with Crippen molar-refractivity contribution in [2.24, 2.45) is 0 Å². The maximum atomic E-state index is 13.0. The Hall–Kier alpha value is -3.93. The molecule has 3 rings (SSSR count). The first-order valence-electron chi connectivity index (χ1n) is 10.0. The summed E-state index contributed by atoms with van der Waals surface area (Å²) in [6, 6.07) is 25.7. The van der Waals surface area contributed by atoms with Crippen LogP contribution in [0.4, 0.5) is 5.69 Å². The second-order valence-electron chi connectivity index (χ2n) is 7.21. The van der Waals surface area contributed by atoms with Crippen molar-refractivity contribution in [1.29, 1.82) is 0 Å².